The zero-order chi connectivity index (χ0) is 14.2. The van der Waals surface area contributed by atoms with Gasteiger partial charge in [0.25, 0.3) is 0 Å². The van der Waals surface area contributed by atoms with Crippen LogP contribution in [0.3, 0.4) is 0 Å². The number of anilines is 1. The fraction of sp³-hybridized carbons (Fsp3) is 0.571. The summed E-state index contributed by atoms with van der Waals surface area (Å²) in [6.45, 7) is 2.45. The summed E-state index contributed by atoms with van der Waals surface area (Å²) >= 11 is 0. The third-order valence-electron chi connectivity index (χ3n) is 3.20. The predicted molar refractivity (Wildman–Crippen MR) is 75.9 cm³/mol. The molecule has 1 aliphatic heterocycles. The van der Waals surface area contributed by atoms with E-state index in [1.807, 2.05) is 0 Å². The number of methoxy groups -OCH3 is 1. The van der Waals surface area contributed by atoms with E-state index in [2.05, 4.69) is 15.6 Å². The van der Waals surface area contributed by atoms with Crippen LogP contribution in [-0.2, 0) is 9.53 Å². The second kappa shape index (κ2) is 7.81. The molecule has 2 heterocycles. The average Bonchev–Trinajstić information content (AvgIpc) is 2.49. The van der Waals surface area contributed by atoms with Crippen molar-refractivity contribution < 1.29 is 14.3 Å². The number of hydrogen-bond acceptors (Lipinski definition) is 5. The Morgan fingerprint density at radius 3 is 2.90 bits per heavy atom. The number of hydrogen-bond donors (Lipinski definition) is 2. The van der Waals surface area contributed by atoms with Crippen LogP contribution in [0.4, 0.5) is 5.69 Å². The molecule has 1 aromatic heterocycles. The molecular weight excluding hydrogens is 258 g/mol. The molecule has 1 aromatic rings. The molecule has 110 valence electrons. The molecule has 0 atom stereocenters. The molecule has 1 fully saturated rings. The van der Waals surface area contributed by atoms with Gasteiger partial charge in [0.2, 0.25) is 11.8 Å². The number of carbonyl (C=O) groups is 1. The molecule has 6 nitrogen and oxygen atoms in total. The van der Waals surface area contributed by atoms with Gasteiger partial charge in [-0.1, -0.05) is 0 Å². The predicted octanol–water partition coefficient (Wildman–Crippen LogP) is 1.19. The third-order valence-corrected chi connectivity index (χ3v) is 3.20. The summed E-state index contributed by atoms with van der Waals surface area (Å²) in [5.74, 6) is 0.461. The van der Waals surface area contributed by atoms with Gasteiger partial charge in [0, 0.05) is 6.07 Å². The van der Waals surface area contributed by atoms with Gasteiger partial charge in [0.15, 0.2) is 0 Å². The molecule has 1 aliphatic rings. The lowest BCUT2D eigenvalue weighted by molar-refractivity contribution is -0.117. The number of aromatic nitrogens is 1. The summed E-state index contributed by atoms with van der Waals surface area (Å²) in [6.07, 6.45) is 4.25. The first-order valence-corrected chi connectivity index (χ1v) is 6.90. The van der Waals surface area contributed by atoms with Crippen LogP contribution in [0.1, 0.15) is 19.3 Å². The monoisotopic (exact) mass is 279 g/mol. The quantitative estimate of drug-likeness (QED) is 0.818. The van der Waals surface area contributed by atoms with E-state index in [9.17, 15) is 4.79 Å². The van der Waals surface area contributed by atoms with Crippen LogP contribution in [0, 0.1) is 0 Å². The maximum absolute atomic E-state index is 11.7. The number of pyridine rings is 1. The Morgan fingerprint density at radius 1 is 1.45 bits per heavy atom. The molecule has 0 radical (unpaired) electrons. The van der Waals surface area contributed by atoms with E-state index in [1.165, 1.54) is 0 Å². The second-order valence-electron chi connectivity index (χ2n) is 4.71. The second-order valence-corrected chi connectivity index (χ2v) is 4.71. The average molecular weight is 279 g/mol. The normalized spacial score (nSPS) is 15.8. The van der Waals surface area contributed by atoms with Crippen molar-refractivity contribution in [2.24, 2.45) is 0 Å². The number of rotatable bonds is 6. The van der Waals surface area contributed by atoms with Crippen LogP contribution in [-0.4, -0.2) is 43.8 Å². The molecule has 0 bridgehead atoms. The summed E-state index contributed by atoms with van der Waals surface area (Å²) in [5, 5.41) is 6.06. The first kappa shape index (κ1) is 14.7. The van der Waals surface area contributed by atoms with E-state index in [0.717, 1.165) is 25.9 Å². The molecule has 20 heavy (non-hydrogen) atoms. The van der Waals surface area contributed by atoms with Crippen LogP contribution in [0.25, 0.3) is 0 Å². The first-order valence-electron chi connectivity index (χ1n) is 6.90. The molecule has 2 N–H and O–H groups in total. The standard InChI is InChI=1S/C14H21N3O3/c1-19-14-3-2-11(10-16-14)17-13(18)6-9-20-12-4-7-15-8-5-12/h2-3,10,12,15H,4-9H2,1H3,(H,17,18). The SMILES string of the molecule is COc1ccc(NC(=O)CCOC2CCNCC2)cn1. The van der Waals surface area contributed by atoms with Crippen LogP contribution < -0.4 is 15.4 Å². The highest BCUT2D eigenvalue weighted by Gasteiger charge is 2.13. The third kappa shape index (κ3) is 4.79. The lowest BCUT2D eigenvalue weighted by Gasteiger charge is -2.22. The number of piperidine rings is 1. The zero-order valence-corrected chi connectivity index (χ0v) is 11.7. The highest BCUT2D eigenvalue weighted by molar-refractivity contribution is 5.90. The fourth-order valence-electron chi connectivity index (χ4n) is 2.08. The van der Waals surface area contributed by atoms with Gasteiger partial charge >= 0.3 is 0 Å². The summed E-state index contributed by atoms with van der Waals surface area (Å²) < 4.78 is 10.6. The zero-order valence-electron chi connectivity index (χ0n) is 11.7. The highest BCUT2D eigenvalue weighted by Crippen LogP contribution is 2.11. The van der Waals surface area contributed by atoms with Crippen molar-refractivity contribution in [2.45, 2.75) is 25.4 Å². The van der Waals surface area contributed by atoms with E-state index in [-0.39, 0.29) is 12.0 Å². The van der Waals surface area contributed by atoms with Gasteiger partial charge in [0.05, 0.1) is 38.1 Å². The van der Waals surface area contributed by atoms with Gasteiger partial charge in [0.1, 0.15) is 0 Å². The Kier molecular flexibility index (Phi) is 5.76. The maximum Gasteiger partial charge on any atom is 0.226 e. The maximum atomic E-state index is 11.7. The summed E-state index contributed by atoms with van der Waals surface area (Å²) in [6, 6.07) is 3.47. The van der Waals surface area contributed by atoms with Crippen LogP contribution >= 0.6 is 0 Å². The van der Waals surface area contributed by atoms with Crippen LogP contribution in [0.2, 0.25) is 0 Å². The van der Waals surface area contributed by atoms with E-state index in [1.54, 1.807) is 25.4 Å². The minimum atomic E-state index is -0.0640. The molecular formula is C14H21N3O3. The molecule has 0 unspecified atom stereocenters. The molecule has 2 rings (SSSR count). The minimum absolute atomic E-state index is 0.0640. The van der Waals surface area contributed by atoms with Crippen molar-refractivity contribution in [2.75, 3.05) is 32.1 Å². The van der Waals surface area contributed by atoms with Gasteiger partial charge in [-0.15, -0.1) is 0 Å². The van der Waals surface area contributed by atoms with Crippen molar-refractivity contribution in [3.63, 3.8) is 0 Å². The molecule has 0 saturated carbocycles. The molecule has 1 saturated heterocycles. The molecule has 6 heteroatoms. The molecule has 0 aromatic carbocycles. The Bertz CT molecular complexity index is 416. The van der Waals surface area contributed by atoms with Crippen molar-refractivity contribution in [3.05, 3.63) is 18.3 Å². The smallest absolute Gasteiger partial charge is 0.226 e. The number of amides is 1. The Hall–Kier alpha value is -1.66. The van der Waals surface area contributed by atoms with Crippen molar-refractivity contribution >= 4 is 11.6 Å². The topological polar surface area (TPSA) is 72.5 Å². The summed E-state index contributed by atoms with van der Waals surface area (Å²) in [7, 11) is 1.55. The fourth-order valence-corrected chi connectivity index (χ4v) is 2.08. The number of nitrogens with zero attached hydrogens (tertiary/aromatic N) is 1. The highest BCUT2D eigenvalue weighted by atomic mass is 16.5. The van der Waals surface area contributed by atoms with E-state index in [0.29, 0.717) is 24.6 Å². The van der Waals surface area contributed by atoms with Crippen molar-refractivity contribution in [3.8, 4) is 5.88 Å². The Morgan fingerprint density at radius 2 is 2.25 bits per heavy atom. The number of carbonyl (C=O) groups excluding carboxylic acids is 1. The van der Waals surface area contributed by atoms with Gasteiger partial charge in [-0.05, 0) is 32.0 Å². The van der Waals surface area contributed by atoms with Crippen molar-refractivity contribution in [1.29, 1.82) is 0 Å². The summed E-state index contributed by atoms with van der Waals surface area (Å²) in [5.41, 5.74) is 0.665. The summed E-state index contributed by atoms with van der Waals surface area (Å²) in [4.78, 5) is 15.8. The largest absolute Gasteiger partial charge is 0.481 e. The lowest BCUT2D eigenvalue weighted by atomic mass is 10.1. The van der Waals surface area contributed by atoms with Gasteiger partial charge < -0.3 is 20.1 Å². The van der Waals surface area contributed by atoms with E-state index >= 15 is 0 Å². The first-order chi connectivity index (χ1) is 9.78. The number of nitrogens with one attached hydrogen (secondary N) is 2. The Balaban J connectivity index is 1.66. The minimum Gasteiger partial charge on any atom is -0.481 e. The van der Waals surface area contributed by atoms with Crippen LogP contribution in [0.15, 0.2) is 18.3 Å². The van der Waals surface area contributed by atoms with Gasteiger partial charge in [-0.2, -0.15) is 0 Å². The Labute approximate surface area is 118 Å². The van der Waals surface area contributed by atoms with Gasteiger partial charge in [-0.3, -0.25) is 4.79 Å². The van der Waals surface area contributed by atoms with Gasteiger partial charge in [-0.25, -0.2) is 4.98 Å². The van der Waals surface area contributed by atoms with Crippen LogP contribution in [0.5, 0.6) is 5.88 Å². The molecule has 0 aliphatic carbocycles. The van der Waals surface area contributed by atoms with E-state index in [4.69, 9.17) is 9.47 Å². The molecule has 0 spiro atoms. The number of ether oxygens (including phenoxy) is 2. The molecule has 1 amide bonds. The van der Waals surface area contributed by atoms with Crippen molar-refractivity contribution in [1.82, 2.24) is 10.3 Å². The van der Waals surface area contributed by atoms with E-state index < -0.39 is 0 Å². The lowest BCUT2D eigenvalue weighted by Crippen LogP contribution is -2.33.